The van der Waals surface area contributed by atoms with Crippen LogP contribution in [-0.4, -0.2) is 10.9 Å². The highest BCUT2D eigenvalue weighted by Crippen LogP contribution is 2.22. The highest BCUT2D eigenvalue weighted by atomic mass is 35.5. The van der Waals surface area contributed by atoms with Crippen LogP contribution in [-0.2, 0) is 6.54 Å². The third kappa shape index (κ3) is 3.63. The molecule has 3 aromatic heterocycles. The standard InChI is InChI=1S/C20H13ClN2O3S/c21-13-6-7-17-15(10-13)16(24)11-18(26-17)20(25)23(12-14-4-3-9-27-14)19-5-1-2-8-22-19/h1-11H,12H2. The number of hydrogen-bond acceptors (Lipinski definition) is 5. The quantitative estimate of drug-likeness (QED) is 0.499. The van der Waals surface area contributed by atoms with Crippen molar-refractivity contribution in [2.24, 2.45) is 0 Å². The predicted octanol–water partition coefficient (Wildman–Crippen LogP) is 4.75. The van der Waals surface area contributed by atoms with E-state index in [0.29, 0.717) is 28.4 Å². The van der Waals surface area contributed by atoms with E-state index in [1.165, 1.54) is 28.4 Å². The van der Waals surface area contributed by atoms with Crippen molar-refractivity contribution in [3.63, 3.8) is 0 Å². The minimum Gasteiger partial charge on any atom is -0.451 e. The molecule has 0 saturated carbocycles. The smallest absolute Gasteiger partial charge is 0.295 e. The number of nitrogens with zero attached hydrogens (tertiary/aromatic N) is 2. The fourth-order valence-electron chi connectivity index (χ4n) is 2.70. The molecule has 1 amide bonds. The molecule has 27 heavy (non-hydrogen) atoms. The van der Waals surface area contributed by atoms with Crippen LogP contribution in [0.15, 0.2) is 75.4 Å². The first-order valence-corrected chi connectivity index (χ1v) is 9.36. The maximum absolute atomic E-state index is 13.2. The molecule has 4 rings (SSSR count). The zero-order valence-electron chi connectivity index (χ0n) is 14.0. The van der Waals surface area contributed by atoms with Gasteiger partial charge in [0.1, 0.15) is 11.4 Å². The minimum atomic E-state index is -0.434. The van der Waals surface area contributed by atoms with Gasteiger partial charge in [0.05, 0.1) is 11.9 Å². The van der Waals surface area contributed by atoms with Crippen molar-refractivity contribution in [3.8, 4) is 0 Å². The summed E-state index contributed by atoms with van der Waals surface area (Å²) in [5.74, 6) is 0.00262. The van der Waals surface area contributed by atoms with Crippen molar-refractivity contribution >= 4 is 45.6 Å². The van der Waals surface area contributed by atoms with E-state index in [-0.39, 0.29) is 11.2 Å². The van der Waals surface area contributed by atoms with E-state index in [1.807, 2.05) is 17.5 Å². The average Bonchev–Trinajstić information content (AvgIpc) is 3.20. The molecular formula is C20H13ClN2O3S. The number of amides is 1. The van der Waals surface area contributed by atoms with Crippen molar-refractivity contribution in [3.05, 3.63) is 92.1 Å². The molecule has 3 heterocycles. The predicted molar refractivity (Wildman–Crippen MR) is 107 cm³/mol. The van der Waals surface area contributed by atoms with Gasteiger partial charge in [0.15, 0.2) is 11.2 Å². The fraction of sp³-hybridized carbons (Fsp3) is 0.0500. The van der Waals surface area contributed by atoms with Gasteiger partial charge in [-0.25, -0.2) is 4.98 Å². The Hall–Kier alpha value is -2.96. The summed E-state index contributed by atoms with van der Waals surface area (Å²) in [6.07, 6.45) is 1.61. The van der Waals surface area contributed by atoms with Crippen LogP contribution in [0.2, 0.25) is 5.02 Å². The zero-order valence-corrected chi connectivity index (χ0v) is 15.5. The highest BCUT2D eigenvalue weighted by Gasteiger charge is 2.23. The minimum absolute atomic E-state index is 0.0444. The van der Waals surface area contributed by atoms with E-state index in [2.05, 4.69) is 4.98 Å². The summed E-state index contributed by atoms with van der Waals surface area (Å²) in [7, 11) is 0. The fourth-order valence-corrected chi connectivity index (χ4v) is 3.56. The number of carbonyl (C=O) groups is 1. The Morgan fingerprint density at radius 3 is 2.78 bits per heavy atom. The third-order valence-corrected chi connectivity index (χ3v) is 5.06. The largest absolute Gasteiger partial charge is 0.451 e. The van der Waals surface area contributed by atoms with Gasteiger partial charge in [-0.2, -0.15) is 0 Å². The summed E-state index contributed by atoms with van der Waals surface area (Å²) in [5, 5.41) is 2.71. The van der Waals surface area contributed by atoms with Crippen molar-refractivity contribution in [1.29, 1.82) is 0 Å². The Morgan fingerprint density at radius 1 is 1.15 bits per heavy atom. The van der Waals surface area contributed by atoms with Crippen LogP contribution in [0.3, 0.4) is 0 Å². The van der Waals surface area contributed by atoms with E-state index in [0.717, 1.165) is 4.88 Å². The maximum atomic E-state index is 13.2. The number of benzene rings is 1. The first kappa shape index (κ1) is 17.5. The van der Waals surface area contributed by atoms with Gasteiger partial charge >= 0.3 is 0 Å². The van der Waals surface area contributed by atoms with Crippen LogP contribution in [0, 0.1) is 0 Å². The van der Waals surface area contributed by atoms with Crippen LogP contribution in [0.5, 0.6) is 0 Å². The Bertz CT molecular complexity index is 1160. The lowest BCUT2D eigenvalue weighted by Crippen LogP contribution is -2.31. The monoisotopic (exact) mass is 396 g/mol. The number of rotatable bonds is 4. The van der Waals surface area contributed by atoms with Gasteiger partial charge in [-0.15, -0.1) is 11.3 Å². The molecular weight excluding hydrogens is 384 g/mol. The second kappa shape index (κ2) is 7.34. The molecule has 1 aromatic carbocycles. The molecule has 0 radical (unpaired) electrons. The first-order valence-electron chi connectivity index (χ1n) is 8.10. The summed E-state index contributed by atoms with van der Waals surface area (Å²) in [4.78, 5) is 32.4. The van der Waals surface area contributed by atoms with Gasteiger partial charge in [0.25, 0.3) is 5.91 Å². The average molecular weight is 397 g/mol. The summed E-state index contributed by atoms with van der Waals surface area (Å²) in [5.41, 5.74) is -0.00783. The number of carbonyl (C=O) groups excluding carboxylic acids is 1. The van der Waals surface area contributed by atoms with Crippen LogP contribution >= 0.6 is 22.9 Å². The molecule has 0 atom stereocenters. The first-order chi connectivity index (χ1) is 13.1. The Morgan fingerprint density at radius 2 is 2.04 bits per heavy atom. The van der Waals surface area contributed by atoms with E-state index < -0.39 is 5.91 Å². The number of fused-ring (bicyclic) bond motifs is 1. The van der Waals surface area contributed by atoms with Gasteiger partial charge in [-0.05, 0) is 41.8 Å². The molecule has 0 spiro atoms. The normalized spacial score (nSPS) is 10.9. The molecule has 0 aliphatic heterocycles. The number of hydrogen-bond donors (Lipinski definition) is 0. The molecule has 0 saturated heterocycles. The van der Waals surface area contributed by atoms with Crippen molar-refractivity contribution < 1.29 is 9.21 Å². The Kier molecular flexibility index (Phi) is 4.75. The Labute approximate surface area is 163 Å². The third-order valence-electron chi connectivity index (χ3n) is 3.96. The summed E-state index contributed by atoms with van der Waals surface area (Å²) < 4.78 is 5.71. The summed E-state index contributed by atoms with van der Waals surface area (Å²) in [6, 6.07) is 15.1. The van der Waals surface area contributed by atoms with E-state index >= 15 is 0 Å². The van der Waals surface area contributed by atoms with E-state index in [9.17, 15) is 9.59 Å². The lowest BCUT2D eigenvalue weighted by molar-refractivity contribution is 0.0958. The van der Waals surface area contributed by atoms with Crippen LogP contribution in [0.4, 0.5) is 5.82 Å². The molecule has 134 valence electrons. The number of pyridine rings is 1. The molecule has 0 aliphatic carbocycles. The van der Waals surface area contributed by atoms with Gasteiger partial charge in [0, 0.05) is 22.2 Å². The zero-order chi connectivity index (χ0) is 18.8. The molecule has 0 unspecified atom stereocenters. The number of anilines is 1. The molecule has 0 aliphatic rings. The Balaban J connectivity index is 1.78. The molecule has 5 nitrogen and oxygen atoms in total. The maximum Gasteiger partial charge on any atom is 0.295 e. The van der Waals surface area contributed by atoms with Crippen molar-refractivity contribution in [2.75, 3.05) is 4.90 Å². The molecule has 0 fully saturated rings. The second-order valence-electron chi connectivity index (χ2n) is 5.77. The van der Waals surface area contributed by atoms with Crippen LogP contribution in [0.25, 0.3) is 11.0 Å². The topological polar surface area (TPSA) is 63.4 Å². The summed E-state index contributed by atoms with van der Waals surface area (Å²) in [6.45, 7) is 0.329. The van der Waals surface area contributed by atoms with Crippen LogP contribution in [0.1, 0.15) is 15.4 Å². The summed E-state index contributed by atoms with van der Waals surface area (Å²) >= 11 is 7.48. The number of thiophene rings is 1. The van der Waals surface area contributed by atoms with E-state index in [4.69, 9.17) is 16.0 Å². The lowest BCUT2D eigenvalue weighted by atomic mass is 10.2. The SMILES string of the molecule is O=C(c1cc(=O)c2cc(Cl)ccc2o1)N(Cc1cccs1)c1ccccn1. The molecule has 7 heteroatoms. The molecule has 4 aromatic rings. The van der Waals surface area contributed by atoms with Crippen molar-refractivity contribution in [1.82, 2.24) is 4.98 Å². The van der Waals surface area contributed by atoms with Gasteiger partial charge in [0.2, 0.25) is 0 Å². The highest BCUT2D eigenvalue weighted by molar-refractivity contribution is 7.09. The van der Waals surface area contributed by atoms with Gasteiger partial charge in [-0.3, -0.25) is 14.5 Å². The van der Waals surface area contributed by atoms with Crippen LogP contribution < -0.4 is 10.3 Å². The van der Waals surface area contributed by atoms with Crippen molar-refractivity contribution in [2.45, 2.75) is 6.54 Å². The second-order valence-corrected chi connectivity index (χ2v) is 7.24. The van der Waals surface area contributed by atoms with Gasteiger partial charge in [-0.1, -0.05) is 23.7 Å². The number of aromatic nitrogens is 1. The molecule has 0 N–H and O–H groups in total. The van der Waals surface area contributed by atoms with Gasteiger partial charge < -0.3 is 4.42 Å². The van der Waals surface area contributed by atoms with E-state index in [1.54, 1.807) is 36.5 Å². The number of halogens is 1. The molecule has 0 bridgehead atoms. The lowest BCUT2D eigenvalue weighted by Gasteiger charge is -2.20.